The van der Waals surface area contributed by atoms with Gasteiger partial charge in [-0.1, -0.05) is 6.07 Å². The van der Waals surface area contributed by atoms with Crippen LogP contribution in [0.5, 0.6) is 11.5 Å². The standard InChI is InChI=1S/C20H32N2O5/c1-20(25-3)14-21(15-20)12-17(23)13-26-19-10-16(6-7-18(19)24-2)11-22-8-4-5-9-27-22/h6-7,10,17,23H,4-5,8-9,11-15H2,1-3H3. The molecule has 0 aromatic heterocycles. The van der Waals surface area contributed by atoms with Crippen molar-refractivity contribution in [3.8, 4) is 11.5 Å². The molecule has 3 rings (SSSR count). The Morgan fingerprint density at radius 3 is 2.70 bits per heavy atom. The molecule has 7 nitrogen and oxygen atoms in total. The lowest BCUT2D eigenvalue weighted by Gasteiger charge is -2.47. The number of hydrogen-bond acceptors (Lipinski definition) is 7. The summed E-state index contributed by atoms with van der Waals surface area (Å²) >= 11 is 0. The summed E-state index contributed by atoms with van der Waals surface area (Å²) in [4.78, 5) is 7.84. The molecule has 1 aromatic carbocycles. The summed E-state index contributed by atoms with van der Waals surface area (Å²) in [6.07, 6.45) is 1.71. The Kier molecular flexibility index (Phi) is 6.94. The first kappa shape index (κ1) is 20.4. The first-order valence-electron chi connectivity index (χ1n) is 9.64. The van der Waals surface area contributed by atoms with Crippen LogP contribution >= 0.6 is 0 Å². The number of rotatable bonds is 9. The van der Waals surface area contributed by atoms with Crippen LogP contribution in [0.2, 0.25) is 0 Å². The maximum atomic E-state index is 10.3. The lowest BCUT2D eigenvalue weighted by Crippen LogP contribution is -2.62. The molecule has 0 spiro atoms. The second-order valence-corrected chi connectivity index (χ2v) is 7.68. The predicted octanol–water partition coefficient (Wildman–Crippen LogP) is 1.68. The molecule has 27 heavy (non-hydrogen) atoms. The van der Waals surface area contributed by atoms with Crippen LogP contribution in [0.1, 0.15) is 25.3 Å². The molecule has 2 aliphatic rings. The molecule has 2 fully saturated rings. The highest BCUT2D eigenvalue weighted by molar-refractivity contribution is 5.43. The molecule has 2 aliphatic heterocycles. The van der Waals surface area contributed by atoms with Crippen molar-refractivity contribution in [3.63, 3.8) is 0 Å². The summed E-state index contributed by atoms with van der Waals surface area (Å²) < 4.78 is 16.7. The summed E-state index contributed by atoms with van der Waals surface area (Å²) in [5, 5.41) is 12.3. The lowest BCUT2D eigenvalue weighted by atomic mass is 9.96. The third kappa shape index (κ3) is 5.56. The molecule has 0 bridgehead atoms. The Morgan fingerprint density at radius 2 is 2.04 bits per heavy atom. The highest BCUT2D eigenvalue weighted by Gasteiger charge is 2.39. The number of hydrogen-bond donors (Lipinski definition) is 1. The predicted molar refractivity (Wildman–Crippen MR) is 102 cm³/mol. The highest BCUT2D eigenvalue weighted by Crippen LogP contribution is 2.29. The zero-order chi connectivity index (χ0) is 19.3. The van der Waals surface area contributed by atoms with E-state index in [0.717, 1.165) is 44.6 Å². The number of β-amino-alcohol motifs (C(OH)–C–C–N with tert-alkyl or cyclic N) is 1. The quantitative estimate of drug-likeness (QED) is 0.699. The number of hydroxylamine groups is 2. The van der Waals surface area contributed by atoms with Crippen LogP contribution < -0.4 is 9.47 Å². The zero-order valence-electron chi connectivity index (χ0n) is 16.6. The number of methoxy groups -OCH3 is 2. The van der Waals surface area contributed by atoms with E-state index in [9.17, 15) is 5.11 Å². The van der Waals surface area contributed by atoms with Crippen molar-refractivity contribution in [1.29, 1.82) is 0 Å². The van der Waals surface area contributed by atoms with E-state index < -0.39 is 6.10 Å². The van der Waals surface area contributed by atoms with Crippen molar-refractivity contribution in [2.24, 2.45) is 0 Å². The molecule has 1 unspecified atom stereocenters. The largest absolute Gasteiger partial charge is 0.493 e. The molecule has 1 aromatic rings. The van der Waals surface area contributed by atoms with Crippen molar-refractivity contribution in [3.05, 3.63) is 23.8 Å². The second-order valence-electron chi connectivity index (χ2n) is 7.68. The Morgan fingerprint density at radius 1 is 1.22 bits per heavy atom. The van der Waals surface area contributed by atoms with Crippen molar-refractivity contribution in [2.75, 3.05) is 53.6 Å². The van der Waals surface area contributed by atoms with Crippen LogP contribution in [0, 0.1) is 0 Å². The van der Waals surface area contributed by atoms with Crippen LogP contribution in [0.4, 0.5) is 0 Å². The number of ether oxygens (including phenoxy) is 3. The minimum atomic E-state index is -0.565. The van der Waals surface area contributed by atoms with Gasteiger partial charge in [0, 0.05) is 39.8 Å². The van der Waals surface area contributed by atoms with Gasteiger partial charge in [-0.3, -0.25) is 9.74 Å². The number of benzene rings is 1. The van der Waals surface area contributed by atoms with Crippen molar-refractivity contribution in [1.82, 2.24) is 9.96 Å². The number of nitrogens with zero attached hydrogens (tertiary/aromatic N) is 2. The topological polar surface area (TPSA) is 63.6 Å². The van der Waals surface area contributed by atoms with Gasteiger partial charge in [0.05, 0.1) is 19.3 Å². The molecule has 7 heteroatoms. The van der Waals surface area contributed by atoms with E-state index >= 15 is 0 Å². The Balaban J connectivity index is 1.51. The monoisotopic (exact) mass is 380 g/mol. The maximum absolute atomic E-state index is 10.3. The van der Waals surface area contributed by atoms with Crippen LogP contribution in [0.15, 0.2) is 18.2 Å². The van der Waals surface area contributed by atoms with E-state index in [1.165, 1.54) is 0 Å². The molecule has 152 valence electrons. The number of likely N-dealkylation sites (tertiary alicyclic amines) is 1. The van der Waals surface area contributed by atoms with Gasteiger partial charge in [0.1, 0.15) is 12.7 Å². The number of aliphatic hydroxyl groups excluding tert-OH is 1. The van der Waals surface area contributed by atoms with Gasteiger partial charge in [-0.15, -0.1) is 0 Å². The molecule has 0 saturated carbocycles. The first-order valence-corrected chi connectivity index (χ1v) is 9.64. The lowest BCUT2D eigenvalue weighted by molar-refractivity contribution is -0.187. The van der Waals surface area contributed by atoms with Crippen LogP contribution in [0.25, 0.3) is 0 Å². The van der Waals surface area contributed by atoms with E-state index in [1.54, 1.807) is 14.2 Å². The molecule has 2 saturated heterocycles. The Hall–Kier alpha value is -1.38. The van der Waals surface area contributed by atoms with Gasteiger partial charge < -0.3 is 19.3 Å². The van der Waals surface area contributed by atoms with Gasteiger partial charge in [0.25, 0.3) is 0 Å². The van der Waals surface area contributed by atoms with E-state index in [-0.39, 0.29) is 12.2 Å². The second kappa shape index (κ2) is 9.21. The maximum Gasteiger partial charge on any atom is 0.161 e. The average Bonchev–Trinajstić information content (AvgIpc) is 2.66. The van der Waals surface area contributed by atoms with Crippen LogP contribution in [0.3, 0.4) is 0 Å². The molecular weight excluding hydrogens is 348 g/mol. The highest BCUT2D eigenvalue weighted by atomic mass is 16.7. The molecule has 2 heterocycles. The number of aliphatic hydroxyl groups is 1. The third-order valence-corrected chi connectivity index (χ3v) is 5.17. The minimum Gasteiger partial charge on any atom is -0.493 e. The first-order chi connectivity index (χ1) is 13.0. The smallest absolute Gasteiger partial charge is 0.161 e. The van der Waals surface area contributed by atoms with Gasteiger partial charge in [-0.2, -0.15) is 5.06 Å². The van der Waals surface area contributed by atoms with Crippen LogP contribution in [-0.4, -0.2) is 80.4 Å². The van der Waals surface area contributed by atoms with Gasteiger partial charge in [-0.25, -0.2) is 0 Å². The summed E-state index contributed by atoms with van der Waals surface area (Å²) in [5.74, 6) is 1.32. The van der Waals surface area contributed by atoms with E-state index in [2.05, 4.69) is 11.8 Å². The normalized spacial score (nSPS) is 21.5. The van der Waals surface area contributed by atoms with Gasteiger partial charge in [0.15, 0.2) is 11.5 Å². The van der Waals surface area contributed by atoms with E-state index in [4.69, 9.17) is 19.0 Å². The average molecular weight is 380 g/mol. The van der Waals surface area contributed by atoms with Crippen molar-refractivity contribution < 1.29 is 24.2 Å². The SMILES string of the molecule is COc1ccc(CN2CCCCO2)cc1OCC(O)CN1CC(C)(OC)C1. The van der Waals surface area contributed by atoms with Crippen molar-refractivity contribution >= 4 is 0 Å². The third-order valence-electron chi connectivity index (χ3n) is 5.17. The molecule has 0 radical (unpaired) electrons. The molecular formula is C20H32N2O5. The Bertz CT molecular complexity index is 600. The van der Waals surface area contributed by atoms with E-state index in [0.29, 0.717) is 24.6 Å². The molecule has 0 amide bonds. The van der Waals surface area contributed by atoms with Gasteiger partial charge in [0.2, 0.25) is 0 Å². The zero-order valence-corrected chi connectivity index (χ0v) is 16.6. The fraction of sp³-hybridized carbons (Fsp3) is 0.700. The fourth-order valence-corrected chi connectivity index (χ4v) is 3.60. The van der Waals surface area contributed by atoms with Gasteiger partial charge >= 0.3 is 0 Å². The summed E-state index contributed by atoms with van der Waals surface area (Å²) in [6.45, 7) is 6.97. The molecule has 0 aliphatic carbocycles. The summed E-state index contributed by atoms with van der Waals surface area (Å²) in [7, 11) is 3.35. The summed E-state index contributed by atoms with van der Waals surface area (Å²) in [5.41, 5.74) is 1.01. The van der Waals surface area contributed by atoms with Crippen molar-refractivity contribution in [2.45, 2.75) is 38.0 Å². The Labute approximate surface area is 161 Å². The van der Waals surface area contributed by atoms with Crippen LogP contribution in [-0.2, 0) is 16.1 Å². The van der Waals surface area contributed by atoms with Gasteiger partial charge in [-0.05, 0) is 37.5 Å². The molecule has 1 atom stereocenters. The van der Waals surface area contributed by atoms with E-state index in [1.807, 2.05) is 23.3 Å². The summed E-state index contributed by atoms with van der Waals surface area (Å²) in [6, 6.07) is 5.89. The minimum absolute atomic E-state index is 0.0886. The fourth-order valence-electron chi connectivity index (χ4n) is 3.60. The molecule has 1 N–H and O–H groups in total.